The maximum absolute atomic E-state index is 13.1. The molecule has 0 unspecified atom stereocenters. The monoisotopic (exact) mass is 443 g/mol. The predicted octanol–water partition coefficient (Wildman–Crippen LogP) is 3.71. The van der Waals surface area contributed by atoms with Gasteiger partial charge < -0.3 is 9.47 Å². The summed E-state index contributed by atoms with van der Waals surface area (Å²) < 4.78 is 83.4. The number of alkyl halides is 6. The van der Waals surface area contributed by atoms with E-state index >= 15 is 0 Å². The van der Waals surface area contributed by atoms with E-state index in [0.717, 1.165) is 0 Å². The van der Waals surface area contributed by atoms with Gasteiger partial charge in [0.15, 0.2) is 5.75 Å². The molecule has 0 fully saturated rings. The average Bonchev–Trinajstić information content (AvgIpc) is 2.30. The topological polar surface area (TPSA) is 48.4 Å². The quantitative estimate of drug-likeness (QED) is 0.308. The van der Waals surface area contributed by atoms with Gasteiger partial charge in [0.05, 0.1) is 13.0 Å². The molecule has 0 radical (unpaired) electrons. The maximum Gasteiger partial charge on any atom is 0.573 e. The van der Waals surface area contributed by atoms with Crippen LogP contribution < -0.4 is 4.74 Å². The van der Waals surface area contributed by atoms with E-state index in [0.29, 0.717) is 6.20 Å². The van der Waals surface area contributed by atoms with Gasteiger partial charge in [0, 0.05) is 6.20 Å². The molecular formula is C11H8F6INO3. The number of rotatable bonds is 4. The molecule has 0 aliphatic heterocycles. The molecule has 0 aliphatic rings. The Balaban J connectivity index is 3.39. The summed E-state index contributed by atoms with van der Waals surface area (Å²) in [7, 11) is 0. The summed E-state index contributed by atoms with van der Waals surface area (Å²) in [5, 5.41) is 0. The molecule has 0 aliphatic carbocycles. The van der Waals surface area contributed by atoms with Crippen molar-refractivity contribution in [1.29, 1.82) is 0 Å². The number of carbonyl (C=O) groups excluding carboxylic acids is 1. The zero-order valence-electron chi connectivity index (χ0n) is 10.8. The fraction of sp³-hybridized carbons (Fsp3) is 0.455. The van der Waals surface area contributed by atoms with Crippen LogP contribution in [0.2, 0.25) is 0 Å². The standard InChI is InChI=1S/C11H8F6INO3/c1-2-21-6(20)3-5-4-19-9(18)8(22-11(15,16)17)7(5)10(12,13)14/h4H,2-3H2,1H3. The first-order chi connectivity index (χ1) is 9.95. The fourth-order valence-electron chi connectivity index (χ4n) is 1.53. The molecule has 0 saturated carbocycles. The molecule has 1 aromatic heterocycles. The number of carbonyl (C=O) groups is 1. The molecule has 22 heavy (non-hydrogen) atoms. The molecule has 0 saturated heterocycles. The van der Waals surface area contributed by atoms with Crippen molar-refractivity contribution in [2.45, 2.75) is 25.9 Å². The fourth-order valence-corrected chi connectivity index (χ4v) is 2.05. The molecule has 0 aromatic carbocycles. The first-order valence-electron chi connectivity index (χ1n) is 5.61. The van der Waals surface area contributed by atoms with E-state index < -0.39 is 45.5 Å². The Kier molecular flexibility index (Phi) is 5.87. The summed E-state index contributed by atoms with van der Waals surface area (Å²) >= 11 is 1.18. The van der Waals surface area contributed by atoms with Crippen LogP contribution in [0.4, 0.5) is 26.3 Å². The van der Waals surface area contributed by atoms with E-state index in [4.69, 9.17) is 0 Å². The molecule has 0 amide bonds. The number of esters is 1. The third-order valence-electron chi connectivity index (χ3n) is 2.21. The highest BCUT2D eigenvalue weighted by Crippen LogP contribution is 2.42. The Morgan fingerprint density at radius 1 is 1.27 bits per heavy atom. The van der Waals surface area contributed by atoms with E-state index in [2.05, 4.69) is 14.5 Å². The Labute approximate surface area is 133 Å². The summed E-state index contributed by atoms with van der Waals surface area (Å²) in [6.07, 6.45) is -10.7. The summed E-state index contributed by atoms with van der Waals surface area (Å²) in [5.74, 6) is -2.50. The van der Waals surface area contributed by atoms with Crippen LogP contribution in [0.1, 0.15) is 18.1 Å². The van der Waals surface area contributed by atoms with Gasteiger partial charge in [0.2, 0.25) is 0 Å². The number of halogens is 7. The molecule has 1 heterocycles. The first kappa shape index (κ1) is 18.8. The van der Waals surface area contributed by atoms with Crippen LogP contribution in [0.5, 0.6) is 5.75 Å². The highest BCUT2D eigenvalue weighted by atomic mass is 127. The van der Waals surface area contributed by atoms with Crippen LogP contribution in [0, 0.1) is 3.70 Å². The van der Waals surface area contributed by atoms with Gasteiger partial charge in [0.1, 0.15) is 9.26 Å². The third kappa shape index (κ3) is 5.18. The van der Waals surface area contributed by atoms with E-state index in [1.807, 2.05) is 0 Å². The number of ether oxygens (including phenoxy) is 2. The van der Waals surface area contributed by atoms with Crippen molar-refractivity contribution in [3.63, 3.8) is 0 Å². The van der Waals surface area contributed by atoms with Crippen LogP contribution in [-0.4, -0.2) is 23.9 Å². The molecule has 0 N–H and O–H groups in total. The zero-order chi connectivity index (χ0) is 17.1. The van der Waals surface area contributed by atoms with Gasteiger partial charge in [-0.15, -0.1) is 13.2 Å². The normalized spacial score (nSPS) is 12.2. The highest BCUT2D eigenvalue weighted by molar-refractivity contribution is 14.1. The van der Waals surface area contributed by atoms with Crippen LogP contribution in [0.3, 0.4) is 0 Å². The Bertz CT molecular complexity index is 558. The van der Waals surface area contributed by atoms with Crippen molar-refractivity contribution < 1.29 is 40.6 Å². The second-order valence-corrected chi connectivity index (χ2v) is 4.83. The summed E-state index contributed by atoms with van der Waals surface area (Å²) in [6, 6.07) is 0. The average molecular weight is 443 g/mol. The Morgan fingerprint density at radius 2 is 1.86 bits per heavy atom. The molecule has 1 rings (SSSR count). The lowest BCUT2D eigenvalue weighted by Crippen LogP contribution is -2.23. The minimum atomic E-state index is -5.33. The molecule has 0 atom stereocenters. The first-order valence-corrected chi connectivity index (χ1v) is 6.69. The molecule has 0 spiro atoms. The molecule has 0 bridgehead atoms. The zero-order valence-corrected chi connectivity index (χ0v) is 13.0. The predicted molar refractivity (Wildman–Crippen MR) is 69.0 cm³/mol. The second kappa shape index (κ2) is 6.87. The van der Waals surface area contributed by atoms with Gasteiger partial charge >= 0.3 is 18.5 Å². The molecule has 124 valence electrons. The van der Waals surface area contributed by atoms with E-state index in [1.165, 1.54) is 29.5 Å². The second-order valence-electron chi connectivity index (χ2n) is 3.81. The lowest BCUT2D eigenvalue weighted by molar-refractivity contribution is -0.276. The van der Waals surface area contributed by atoms with Crippen molar-refractivity contribution in [1.82, 2.24) is 4.98 Å². The summed E-state index contributed by atoms with van der Waals surface area (Å²) in [5.41, 5.74) is -2.46. The Morgan fingerprint density at radius 3 is 2.32 bits per heavy atom. The van der Waals surface area contributed by atoms with Crippen molar-refractivity contribution in [3.8, 4) is 5.75 Å². The number of hydrogen-bond acceptors (Lipinski definition) is 4. The van der Waals surface area contributed by atoms with Gasteiger partial charge in [-0.1, -0.05) is 0 Å². The van der Waals surface area contributed by atoms with Gasteiger partial charge in [-0.25, -0.2) is 4.98 Å². The minimum Gasteiger partial charge on any atom is -0.466 e. The highest BCUT2D eigenvalue weighted by Gasteiger charge is 2.43. The largest absolute Gasteiger partial charge is 0.573 e. The van der Waals surface area contributed by atoms with Crippen LogP contribution in [0.25, 0.3) is 0 Å². The number of nitrogens with zero attached hydrogens (tertiary/aromatic N) is 1. The van der Waals surface area contributed by atoms with Crippen LogP contribution in [-0.2, 0) is 22.1 Å². The smallest absolute Gasteiger partial charge is 0.466 e. The molecule has 4 nitrogen and oxygen atoms in total. The molecular weight excluding hydrogens is 435 g/mol. The van der Waals surface area contributed by atoms with E-state index in [-0.39, 0.29) is 6.61 Å². The Hall–Kier alpha value is -1.27. The van der Waals surface area contributed by atoms with Gasteiger partial charge in [-0.3, -0.25) is 4.79 Å². The summed E-state index contributed by atoms with van der Waals surface area (Å²) in [6.45, 7) is 1.36. The van der Waals surface area contributed by atoms with Crippen LogP contribution in [0.15, 0.2) is 6.20 Å². The lowest BCUT2D eigenvalue weighted by atomic mass is 10.1. The van der Waals surface area contributed by atoms with Gasteiger partial charge in [-0.05, 0) is 35.1 Å². The van der Waals surface area contributed by atoms with E-state index in [1.54, 1.807) is 0 Å². The molecule has 1 aromatic rings. The SMILES string of the molecule is CCOC(=O)Cc1cnc(I)c(OC(F)(F)F)c1C(F)(F)F. The number of pyridine rings is 1. The number of aromatic nitrogens is 1. The van der Waals surface area contributed by atoms with E-state index in [9.17, 15) is 31.1 Å². The van der Waals surface area contributed by atoms with Gasteiger partial charge in [0.25, 0.3) is 0 Å². The maximum atomic E-state index is 13.1. The van der Waals surface area contributed by atoms with Crippen molar-refractivity contribution in [2.75, 3.05) is 6.61 Å². The summed E-state index contributed by atoms with van der Waals surface area (Å²) in [4.78, 5) is 14.7. The number of hydrogen-bond donors (Lipinski definition) is 0. The third-order valence-corrected chi connectivity index (χ3v) is 2.98. The van der Waals surface area contributed by atoms with Crippen LogP contribution >= 0.6 is 22.6 Å². The van der Waals surface area contributed by atoms with Crippen molar-refractivity contribution in [2.24, 2.45) is 0 Å². The lowest BCUT2D eigenvalue weighted by Gasteiger charge is -2.19. The van der Waals surface area contributed by atoms with Crippen molar-refractivity contribution in [3.05, 3.63) is 21.0 Å². The van der Waals surface area contributed by atoms with Gasteiger partial charge in [-0.2, -0.15) is 13.2 Å². The van der Waals surface area contributed by atoms with Crippen molar-refractivity contribution >= 4 is 28.6 Å². The minimum absolute atomic E-state index is 0.0795. The molecule has 11 heteroatoms.